The van der Waals surface area contributed by atoms with Crippen LogP contribution in [0, 0.1) is 19.8 Å². The molecular formula is C38H41Cl2N7O2S2. The molecule has 0 spiro atoms. The number of aryl methyl sites for hydroxylation is 2. The number of nitrogens with two attached hydrogens (primary N) is 1. The first kappa shape index (κ1) is 38.0. The number of nitrogens with one attached hydrogen (secondary N) is 2. The van der Waals surface area contributed by atoms with Crippen LogP contribution in [-0.2, 0) is 0 Å². The molecule has 0 unspecified atom stereocenters. The topological polar surface area (TPSA) is 120 Å². The largest absolute Gasteiger partial charge is 0.495 e. The number of thiazole rings is 2. The molecule has 0 aliphatic rings. The summed E-state index contributed by atoms with van der Waals surface area (Å²) in [4.78, 5) is 17.5. The molecular weight excluding hydrogens is 722 g/mol. The van der Waals surface area contributed by atoms with Crippen LogP contribution in [-0.4, -0.2) is 39.2 Å². The number of benzene rings is 2. The number of nitrogens with zero attached hydrogens (tertiary/aromatic N) is 4. The molecule has 0 amide bonds. The fourth-order valence-electron chi connectivity index (χ4n) is 5.28. The molecule has 0 fully saturated rings. The molecule has 266 valence electrons. The van der Waals surface area contributed by atoms with Crippen LogP contribution in [0.25, 0.3) is 22.3 Å². The number of pyridine rings is 2. The van der Waals surface area contributed by atoms with Crippen LogP contribution in [0.4, 0.5) is 21.9 Å². The van der Waals surface area contributed by atoms with Gasteiger partial charge < -0.3 is 25.8 Å². The van der Waals surface area contributed by atoms with Crippen molar-refractivity contribution in [2.75, 3.05) is 24.4 Å². The molecule has 0 saturated carbocycles. The molecule has 1 atom stereocenters. The van der Waals surface area contributed by atoms with Gasteiger partial charge in [-0.15, -0.1) is 22.7 Å². The number of anilines is 4. The van der Waals surface area contributed by atoms with E-state index in [2.05, 4.69) is 44.4 Å². The lowest BCUT2D eigenvalue weighted by molar-refractivity contribution is 0.207. The number of methoxy groups -OCH3 is 1. The van der Waals surface area contributed by atoms with Crippen molar-refractivity contribution in [1.29, 1.82) is 0 Å². The fourth-order valence-corrected chi connectivity index (χ4v) is 7.16. The van der Waals surface area contributed by atoms with Crippen LogP contribution in [0.3, 0.4) is 0 Å². The first-order chi connectivity index (χ1) is 24.4. The summed E-state index contributed by atoms with van der Waals surface area (Å²) in [6.45, 7) is 10.7. The maximum absolute atomic E-state index is 6.48. The Balaban J connectivity index is 0.000000205. The van der Waals surface area contributed by atoms with Crippen molar-refractivity contribution in [2.24, 2.45) is 11.7 Å². The molecule has 0 aliphatic carbocycles. The average Bonchev–Trinajstić information content (AvgIpc) is 3.70. The highest BCUT2D eigenvalue weighted by Gasteiger charge is 2.21. The molecule has 0 radical (unpaired) electrons. The lowest BCUT2D eigenvalue weighted by atomic mass is 9.93. The lowest BCUT2D eigenvalue weighted by Crippen LogP contribution is -2.43. The molecule has 4 aromatic heterocycles. The summed E-state index contributed by atoms with van der Waals surface area (Å²) in [5.41, 5.74) is 11.9. The minimum Gasteiger partial charge on any atom is -0.495 e. The van der Waals surface area contributed by atoms with Crippen molar-refractivity contribution in [3.05, 3.63) is 105 Å². The highest BCUT2D eigenvalue weighted by Crippen LogP contribution is 2.33. The minimum absolute atomic E-state index is 0.393. The van der Waals surface area contributed by atoms with E-state index in [0.717, 1.165) is 62.0 Å². The molecule has 51 heavy (non-hydrogen) atoms. The van der Waals surface area contributed by atoms with E-state index < -0.39 is 5.54 Å². The molecule has 2 aromatic carbocycles. The van der Waals surface area contributed by atoms with Crippen molar-refractivity contribution < 1.29 is 9.47 Å². The van der Waals surface area contributed by atoms with E-state index in [9.17, 15) is 0 Å². The molecule has 4 heterocycles. The van der Waals surface area contributed by atoms with Crippen LogP contribution < -0.4 is 25.8 Å². The third-order valence-electron chi connectivity index (χ3n) is 7.41. The van der Waals surface area contributed by atoms with Crippen molar-refractivity contribution in [3.8, 4) is 33.8 Å². The zero-order valence-corrected chi connectivity index (χ0v) is 32.5. The average molecular weight is 763 g/mol. The van der Waals surface area contributed by atoms with E-state index >= 15 is 0 Å². The smallest absolute Gasteiger partial charge is 0.188 e. The molecule has 0 aliphatic heterocycles. The van der Waals surface area contributed by atoms with Crippen LogP contribution in [0.5, 0.6) is 11.5 Å². The van der Waals surface area contributed by atoms with Crippen molar-refractivity contribution >= 4 is 67.8 Å². The van der Waals surface area contributed by atoms with Crippen LogP contribution >= 0.6 is 45.9 Å². The molecule has 4 N–H and O–H groups in total. The van der Waals surface area contributed by atoms with Crippen molar-refractivity contribution in [3.63, 3.8) is 0 Å². The fraction of sp³-hybridized carbons (Fsp3) is 0.263. The molecule has 13 heteroatoms. The van der Waals surface area contributed by atoms with Gasteiger partial charge in [-0.25, -0.2) is 19.9 Å². The molecule has 0 bridgehead atoms. The van der Waals surface area contributed by atoms with Gasteiger partial charge in [0.15, 0.2) is 10.3 Å². The van der Waals surface area contributed by atoms with Gasteiger partial charge in [0.1, 0.15) is 29.7 Å². The van der Waals surface area contributed by atoms with Gasteiger partial charge in [-0.3, -0.25) is 0 Å². The Morgan fingerprint density at radius 3 is 1.63 bits per heavy atom. The van der Waals surface area contributed by atoms with Gasteiger partial charge in [-0.2, -0.15) is 0 Å². The molecule has 6 rings (SSSR count). The summed E-state index contributed by atoms with van der Waals surface area (Å²) in [7, 11) is 1.60. The van der Waals surface area contributed by atoms with Crippen LogP contribution in [0.2, 0.25) is 10.0 Å². The van der Waals surface area contributed by atoms with Gasteiger partial charge in [-0.1, -0.05) is 49.2 Å². The Hall–Kier alpha value is -4.26. The minimum atomic E-state index is -0.393. The maximum atomic E-state index is 6.48. The quantitative estimate of drug-likeness (QED) is 0.112. The predicted molar refractivity (Wildman–Crippen MR) is 214 cm³/mol. The van der Waals surface area contributed by atoms with Crippen molar-refractivity contribution in [2.45, 2.75) is 46.6 Å². The number of ether oxygens (including phenoxy) is 2. The Labute approximate surface area is 317 Å². The highest BCUT2D eigenvalue weighted by atomic mass is 35.5. The summed E-state index contributed by atoms with van der Waals surface area (Å²) < 4.78 is 11.1. The number of aromatic nitrogens is 4. The zero-order chi connectivity index (χ0) is 36.5. The summed E-state index contributed by atoms with van der Waals surface area (Å²) in [5.74, 6) is 3.30. The summed E-state index contributed by atoms with van der Waals surface area (Å²) in [5, 5.41) is 13.2. The van der Waals surface area contributed by atoms with Gasteiger partial charge in [0.25, 0.3) is 0 Å². The normalized spacial score (nSPS) is 12.1. The SMILES string of the molecule is COc1ccc(-c2ccnc(Nc3nc(C)cs3)c2)cc1Cl.Cc1csc(Nc2cc(-c3ccc(OC[C@@](C)(N)CC(C)C)c(Cl)c3)ccn2)n1. The lowest BCUT2D eigenvalue weighted by Gasteiger charge is -2.26. The molecule has 0 saturated heterocycles. The third-order valence-corrected chi connectivity index (χ3v) is 9.75. The van der Waals surface area contributed by atoms with Gasteiger partial charge >= 0.3 is 0 Å². The first-order valence-corrected chi connectivity index (χ1v) is 18.7. The third kappa shape index (κ3) is 11.1. The second kappa shape index (κ2) is 17.3. The number of rotatable bonds is 12. The Bertz CT molecular complexity index is 2070. The molecule has 6 aromatic rings. The second-order valence-corrected chi connectivity index (χ2v) is 15.3. The standard InChI is InChI=1S/C22H27ClN4OS.C16H14ClN3OS/c1-14(2)11-22(4,24)13-28-19-6-5-16(9-18(19)23)17-7-8-25-20(10-17)27-21-26-15(3)12-29-21;1-10-9-22-16(19-10)20-15-8-12(5-6-18-15)11-3-4-14(21-2)13(17)7-11/h5-10,12,14H,11,13,24H2,1-4H3,(H,25,26,27);3-9H,1-2H3,(H,18,19,20)/t22-;/m0./s1. The summed E-state index contributed by atoms with van der Waals surface area (Å²) in [6.07, 6.45) is 4.41. The maximum Gasteiger partial charge on any atom is 0.188 e. The first-order valence-electron chi connectivity index (χ1n) is 16.2. The van der Waals surface area contributed by atoms with Crippen LogP contribution in [0.15, 0.2) is 83.8 Å². The summed E-state index contributed by atoms with van der Waals surface area (Å²) >= 11 is 15.8. The van der Waals surface area contributed by atoms with E-state index in [4.69, 9.17) is 38.4 Å². The number of hydrogen-bond donors (Lipinski definition) is 3. The zero-order valence-electron chi connectivity index (χ0n) is 29.3. The van der Waals surface area contributed by atoms with E-state index in [-0.39, 0.29) is 0 Å². The Morgan fingerprint density at radius 2 is 1.22 bits per heavy atom. The Kier molecular flexibility index (Phi) is 12.9. The number of halogens is 2. The molecule has 9 nitrogen and oxygen atoms in total. The van der Waals surface area contributed by atoms with Crippen molar-refractivity contribution in [1.82, 2.24) is 19.9 Å². The van der Waals surface area contributed by atoms with Gasteiger partial charge in [0.05, 0.1) is 28.5 Å². The van der Waals surface area contributed by atoms with Gasteiger partial charge in [0, 0.05) is 28.7 Å². The number of hydrogen-bond acceptors (Lipinski definition) is 11. The van der Waals surface area contributed by atoms with Gasteiger partial charge in [-0.05, 0) is 104 Å². The highest BCUT2D eigenvalue weighted by molar-refractivity contribution is 7.14. The van der Waals surface area contributed by atoms with E-state index in [1.807, 2.05) is 92.2 Å². The van der Waals surface area contributed by atoms with Crippen LogP contribution in [0.1, 0.15) is 38.6 Å². The predicted octanol–water partition coefficient (Wildman–Crippen LogP) is 11.0. The van der Waals surface area contributed by atoms with E-state index in [1.165, 1.54) is 0 Å². The monoisotopic (exact) mass is 761 g/mol. The van der Waals surface area contributed by atoms with Gasteiger partial charge in [0.2, 0.25) is 0 Å². The Morgan fingerprint density at radius 1 is 0.745 bits per heavy atom. The van der Waals surface area contributed by atoms with E-state index in [0.29, 0.717) is 34.1 Å². The van der Waals surface area contributed by atoms with E-state index in [1.54, 1.807) is 42.2 Å². The second-order valence-electron chi connectivity index (χ2n) is 12.7. The summed E-state index contributed by atoms with van der Waals surface area (Å²) in [6, 6.07) is 19.3.